The number of ether oxygens (including phenoxy) is 2. The van der Waals surface area contributed by atoms with E-state index in [1.54, 1.807) is 12.1 Å². The van der Waals surface area contributed by atoms with Gasteiger partial charge >= 0.3 is 5.97 Å². The van der Waals surface area contributed by atoms with E-state index >= 15 is 0 Å². The monoisotopic (exact) mass is 349 g/mol. The number of rotatable bonds is 6. The zero-order valence-corrected chi connectivity index (χ0v) is 13.9. The second kappa shape index (κ2) is 7.40. The van der Waals surface area contributed by atoms with Crippen LogP contribution in [0.1, 0.15) is 5.56 Å². The maximum atomic E-state index is 10.8. The largest absolute Gasteiger partial charge is 0.493 e. The van der Waals surface area contributed by atoms with Crippen molar-refractivity contribution in [2.75, 3.05) is 19.0 Å². The molecule has 1 heterocycles. The number of aromatic nitrogens is 2. The molecule has 0 fully saturated rings. The standard InChI is InChI=1S/C19H15N3O4/c1-3-12-5-4-6-13(7-12)22-19-14-8-17(26-10-18(23)24)16(25-2)9-15(14)20-11-21-19/h1,4-9,11H,10H2,2H3,(H,23,24)(H,20,21,22). The highest BCUT2D eigenvalue weighted by molar-refractivity contribution is 5.93. The molecule has 0 aliphatic heterocycles. The minimum Gasteiger partial charge on any atom is -0.493 e. The summed E-state index contributed by atoms with van der Waals surface area (Å²) in [6.45, 7) is -0.484. The quantitative estimate of drug-likeness (QED) is 0.661. The van der Waals surface area contributed by atoms with Gasteiger partial charge in [-0.2, -0.15) is 0 Å². The lowest BCUT2D eigenvalue weighted by atomic mass is 10.2. The van der Waals surface area contributed by atoms with Gasteiger partial charge in [0.05, 0.1) is 12.6 Å². The summed E-state index contributed by atoms with van der Waals surface area (Å²) in [4.78, 5) is 19.3. The number of methoxy groups -OCH3 is 1. The van der Waals surface area contributed by atoms with Gasteiger partial charge in [-0.3, -0.25) is 0 Å². The van der Waals surface area contributed by atoms with E-state index in [0.717, 1.165) is 11.3 Å². The molecule has 0 aliphatic carbocycles. The first kappa shape index (κ1) is 17.0. The summed E-state index contributed by atoms with van der Waals surface area (Å²) in [5.41, 5.74) is 2.12. The number of carboxylic acids is 1. The second-order valence-corrected chi connectivity index (χ2v) is 5.28. The molecule has 7 heteroatoms. The maximum Gasteiger partial charge on any atom is 0.341 e. The van der Waals surface area contributed by atoms with Gasteiger partial charge in [0.2, 0.25) is 0 Å². The van der Waals surface area contributed by atoms with Crippen molar-refractivity contribution in [3.8, 4) is 23.8 Å². The van der Waals surface area contributed by atoms with Crippen LogP contribution >= 0.6 is 0 Å². The molecule has 0 amide bonds. The van der Waals surface area contributed by atoms with E-state index in [2.05, 4.69) is 21.2 Å². The first-order valence-corrected chi connectivity index (χ1v) is 7.61. The molecule has 3 rings (SSSR count). The fourth-order valence-corrected chi connectivity index (χ4v) is 2.40. The molecule has 2 aromatic carbocycles. The van der Waals surface area contributed by atoms with Crippen LogP contribution in [0.4, 0.5) is 11.5 Å². The van der Waals surface area contributed by atoms with Crippen molar-refractivity contribution < 1.29 is 19.4 Å². The second-order valence-electron chi connectivity index (χ2n) is 5.28. The lowest BCUT2D eigenvalue weighted by Crippen LogP contribution is -2.10. The average Bonchev–Trinajstić information content (AvgIpc) is 2.66. The van der Waals surface area contributed by atoms with E-state index in [9.17, 15) is 4.79 Å². The van der Waals surface area contributed by atoms with Crippen LogP contribution in [0.5, 0.6) is 11.5 Å². The Hall–Kier alpha value is -3.79. The normalized spacial score (nSPS) is 10.2. The van der Waals surface area contributed by atoms with E-state index in [-0.39, 0.29) is 5.75 Å². The number of benzene rings is 2. The van der Waals surface area contributed by atoms with Gasteiger partial charge in [-0.1, -0.05) is 12.0 Å². The number of aliphatic carboxylic acids is 1. The molecule has 0 spiro atoms. The van der Waals surface area contributed by atoms with Gasteiger partial charge in [0, 0.05) is 22.7 Å². The number of hydrogen-bond donors (Lipinski definition) is 2. The minimum atomic E-state index is -1.08. The van der Waals surface area contributed by atoms with Crippen LogP contribution in [0.2, 0.25) is 0 Å². The predicted molar refractivity (Wildman–Crippen MR) is 96.9 cm³/mol. The van der Waals surface area contributed by atoms with Crippen molar-refractivity contribution in [3.63, 3.8) is 0 Å². The van der Waals surface area contributed by atoms with E-state index in [4.69, 9.17) is 21.0 Å². The molecule has 130 valence electrons. The number of nitrogens with zero attached hydrogens (tertiary/aromatic N) is 2. The van der Waals surface area contributed by atoms with Gasteiger partial charge in [-0.05, 0) is 24.3 Å². The number of nitrogens with one attached hydrogen (secondary N) is 1. The first-order chi connectivity index (χ1) is 12.6. The molecule has 7 nitrogen and oxygen atoms in total. The van der Waals surface area contributed by atoms with Gasteiger partial charge in [-0.15, -0.1) is 6.42 Å². The van der Waals surface area contributed by atoms with Crippen molar-refractivity contribution in [2.24, 2.45) is 0 Å². The van der Waals surface area contributed by atoms with E-state index in [1.165, 1.54) is 13.4 Å². The van der Waals surface area contributed by atoms with E-state index < -0.39 is 12.6 Å². The van der Waals surface area contributed by atoms with Crippen LogP contribution < -0.4 is 14.8 Å². The van der Waals surface area contributed by atoms with Crippen molar-refractivity contribution in [1.82, 2.24) is 9.97 Å². The maximum absolute atomic E-state index is 10.8. The molecule has 2 N–H and O–H groups in total. The molecule has 0 bridgehead atoms. The average molecular weight is 349 g/mol. The molecule has 0 saturated heterocycles. The highest BCUT2D eigenvalue weighted by Gasteiger charge is 2.13. The van der Waals surface area contributed by atoms with Crippen LogP contribution in [0.15, 0.2) is 42.7 Å². The Morgan fingerprint density at radius 3 is 2.85 bits per heavy atom. The van der Waals surface area contributed by atoms with Crippen molar-refractivity contribution in [3.05, 3.63) is 48.3 Å². The summed E-state index contributed by atoms with van der Waals surface area (Å²) in [6.07, 6.45) is 6.85. The summed E-state index contributed by atoms with van der Waals surface area (Å²) >= 11 is 0. The van der Waals surface area contributed by atoms with Gasteiger partial charge < -0.3 is 19.9 Å². The zero-order chi connectivity index (χ0) is 18.5. The first-order valence-electron chi connectivity index (χ1n) is 7.61. The highest BCUT2D eigenvalue weighted by atomic mass is 16.5. The summed E-state index contributed by atoms with van der Waals surface area (Å²) in [7, 11) is 1.47. The fraction of sp³-hybridized carbons (Fsp3) is 0.105. The Bertz CT molecular complexity index is 1010. The fourth-order valence-electron chi connectivity index (χ4n) is 2.40. The van der Waals surface area contributed by atoms with E-state index in [1.807, 2.05) is 24.3 Å². The van der Waals surface area contributed by atoms with Crippen molar-refractivity contribution in [2.45, 2.75) is 0 Å². The summed E-state index contributed by atoms with van der Waals surface area (Å²) in [5, 5.41) is 12.7. The lowest BCUT2D eigenvalue weighted by Gasteiger charge is -2.13. The number of terminal acetylenes is 1. The molecule has 0 saturated carbocycles. The molecule has 0 unspecified atom stereocenters. The molecule has 3 aromatic rings. The molecular formula is C19H15N3O4. The number of carbonyl (C=O) groups is 1. The predicted octanol–water partition coefficient (Wildman–Crippen LogP) is 2.83. The Morgan fingerprint density at radius 2 is 2.12 bits per heavy atom. The van der Waals surface area contributed by atoms with Gasteiger partial charge in [-0.25, -0.2) is 14.8 Å². The third-order valence-electron chi connectivity index (χ3n) is 3.56. The number of anilines is 2. The highest BCUT2D eigenvalue weighted by Crippen LogP contribution is 2.34. The smallest absolute Gasteiger partial charge is 0.341 e. The Balaban J connectivity index is 2.03. The van der Waals surface area contributed by atoms with Crippen LogP contribution in [0, 0.1) is 12.3 Å². The summed E-state index contributed by atoms with van der Waals surface area (Å²) < 4.78 is 10.6. The molecule has 26 heavy (non-hydrogen) atoms. The number of carboxylic acid groups (broad SMARTS) is 1. The Morgan fingerprint density at radius 1 is 1.27 bits per heavy atom. The van der Waals surface area contributed by atoms with Crippen LogP contribution in [0.3, 0.4) is 0 Å². The molecular weight excluding hydrogens is 334 g/mol. The van der Waals surface area contributed by atoms with E-state index in [0.29, 0.717) is 22.5 Å². The Labute approximate surface area is 149 Å². The van der Waals surface area contributed by atoms with Crippen molar-refractivity contribution >= 4 is 28.4 Å². The Kier molecular flexibility index (Phi) is 4.85. The van der Waals surface area contributed by atoms with Gasteiger partial charge in [0.1, 0.15) is 12.1 Å². The third-order valence-corrected chi connectivity index (χ3v) is 3.56. The SMILES string of the molecule is C#Cc1cccc(Nc2ncnc3cc(OC)c(OCC(=O)O)cc23)c1. The molecule has 0 radical (unpaired) electrons. The lowest BCUT2D eigenvalue weighted by molar-refractivity contribution is -0.139. The molecule has 0 atom stereocenters. The van der Waals surface area contributed by atoms with Crippen LogP contribution in [0.25, 0.3) is 10.9 Å². The minimum absolute atomic E-state index is 0.289. The topological polar surface area (TPSA) is 93.6 Å². The summed E-state index contributed by atoms with van der Waals surface area (Å²) in [5.74, 6) is 2.70. The molecule has 1 aromatic heterocycles. The number of hydrogen-bond acceptors (Lipinski definition) is 6. The van der Waals surface area contributed by atoms with Crippen LogP contribution in [-0.4, -0.2) is 34.8 Å². The zero-order valence-electron chi connectivity index (χ0n) is 13.9. The molecule has 0 aliphatic rings. The van der Waals surface area contributed by atoms with Gasteiger partial charge in [0.15, 0.2) is 18.1 Å². The van der Waals surface area contributed by atoms with Crippen LogP contribution in [-0.2, 0) is 4.79 Å². The van der Waals surface area contributed by atoms with Crippen molar-refractivity contribution in [1.29, 1.82) is 0 Å². The number of fused-ring (bicyclic) bond motifs is 1. The van der Waals surface area contributed by atoms with Gasteiger partial charge in [0.25, 0.3) is 0 Å². The third kappa shape index (κ3) is 3.65. The summed E-state index contributed by atoms with van der Waals surface area (Å²) in [6, 6.07) is 10.7.